The number of piperidine rings is 1. The summed E-state index contributed by atoms with van der Waals surface area (Å²) in [6, 6.07) is 6.44. The number of likely N-dealkylation sites (tertiary alicyclic amines) is 1. The molecule has 1 saturated heterocycles. The van der Waals surface area contributed by atoms with Crippen molar-refractivity contribution in [3.05, 3.63) is 35.6 Å². The Morgan fingerprint density at radius 3 is 2.92 bits per heavy atom. The molecule has 0 aromatic heterocycles. The zero-order chi connectivity index (χ0) is 18.2. The van der Waals surface area contributed by atoms with E-state index in [-0.39, 0.29) is 29.6 Å². The highest BCUT2D eigenvalue weighted by molar-refractivity contribution is 5.78. The summed E-state index contributed by atoms with van der Waals surface area (Å²) in [6.45, 7) is 3.45. The lowest BCUT2D eigenvalue weighted by Crippen LogP contribution is -2.49. The molecule has 0 radical (unpaired) electrons. The molecule has 0 saturated carbocycles. The number of nitrogens with one attached hydrogen (secondary N) is 1. The summed E-state index contributed by atoms with van der Waals surface area (Å²) in [5.74, 6) is -0.337. The lowest BCUT2D eigenvalue weighted by atomic mass is 9.95. The highest BCUT2D eigenvalue weighted by Crippen LogP contribution is 2.24. The van der Waals surface area contributed by atoms with Gasteiger partial charge in [0.25, 0.3) is 0 Å². The number of hydrogen-bond donors (Lipinski definition) is 2. The third-order valence-electron chi connectivity index (χ3n) is 4.75. The molecule has 0 aliphatic carbocycles. The number of amides is 2. The summed E-state index contributed by atoms with van der Waals surface area (Å²) in [7, 11) is 0. The minimum absolute atomic E-state index is 0.0303. The van der Waals surface area contributed by atoms with E-state index in [2.05, 4.69) is 5.32 Å². The zero-order valence-electron chi connectivity index (χ0n) is 14.8. The molecular formula is C19H28FN3O2. The summed E-state index contributed by atoms with van der Waals surface area (Å²) in [5, 5.41) is 2.87. The molecular weight excluding hydrogens is 321 g/mol. The van der Waals surface area contributed by atoms with Crippen molar-refractivity contribution < 1.29 is 14.0 Å². The van der Waals surface area contributed by atoms with Gasteiger partial charge in [-0.1, -0.05) is 19.1 Å². The Morgan fingerprint density at radius 2 is 2.20 bits per heavy atom. The molecule has 1 fully saturated rings. The van der Waals surface area contributed by atoms with E-state index in [1.807, 2.05) is 17.9 Å². The van der Waals surface area contributed by atoms with Gasteiger partial charge in [-0.05, 0) is 42.9 Å². The Bertz CT molecular complexity index is 594. The maximum atomic E-state index is 13.4. The molecule has 1 aliphatic heterocycles. The van der Waals surface area contributed by atoms with Gasteiger partial charge in [-0.2, -0.15) is 0 Å². The van der Waals surface area contributed by atoms with E-state index in [0.717, 1.165) is 24.8 Å². The van der Waals surface area contributed by atoms with Gasteiger partial charge >= 0.3 is 0 Å². The normalized spacial score (nSPS) is 18.7. The van der Waals surface area contributed by atoms with E-state index < -0.39 is 0 Å². The first kappa shape index (κ1) is 19.4. The van der Waals surface area contributed by atoms with Crippen molar-refractivity contribution in [3.63, 3.8) is 0 Å². The SMILES string of the molecule is CC(CC(=O)N1CCCCC1CNC(=O)CCN)c1cccc(F)c1. The molecule has 3 N–H and O–H groups in total. The maximum absolute atomic E-state index is 13.4. The first-order valence-electron chi connectivity index (χ1n) is 9.03. The Labute approximate surface area is 148 Å². The van der Waals surface area contributed by atoms with Crippen LogP contribution in [0, 0.1) is 5.82 Å². The topological polar surface area (TPSA) is 75.4 Å². The summed E-state index contributed by atoms with van der Waals surface area (Å²) >= 11 is 0. The van der Waals surface area contributed by atoms with Crippen molar-refractivity contribution in [3.8, 4) is 0 Å². The smallest absolute Gasteiger partial charge is 0.223 e. The lowest BCUT2D eigenvalue weighted by Gasteiger charge is -2.36. The third-order valence-corrected chi connectivity index (χ3v) is 4.75. The van der Waals surface area contributed by atoms with Crippen LogP contribution in [0.15, 0.2) is 24.3 Å². The van der Waals surface area contributed by atoms with Crippen LogP contribution in [0.5, 0.6) is 0 Å². The van der Waals surface area contributed by atoms with Gasteiger partial charge in [-0.25, -0.2) is 4.39 Å². The van der Waals surface area contributed by atoms with Crippen molar-refractivity contribution in [1.29, 1.82) is 0 Å². The fourth-order valence-corrected chi connectivity index (χ4v) is 3.30. The number of carbonyl (C=O) groups is 2. The van der Waals surface area contributed by atoms with E-state index >= 15 is 0 Å². The van der Waals surface area contributed by atoms with Gasteiger partial charge in [0.15, 0.2) is 0 Å². The van der Waals surface area contributed by atoms with Gasteiger partial charge in [-0.3, -0.25) is 9.59 Å². The second-order valence-corrected chi connectivity index (χ2v) is 6.74. The Balaban J connectivity index is 1.94. The largest absolute Gasteiger partial charge is 0.354 e. The van der Waals surface area contributed by atoms with E-state index in [4.69, 9.17) is 5.73 Å². The molecule has 6 heteroatoms. The van der Waals surface area contributed by atoms with Crippen LogP contribution >= 0.6 is 0 Å². The van der Waals surface area contributed by atoms with E-state index in [0.29, 0.717) is 32.5 Å². The molecule has 1 aromatic rings. The average Bonchev–Trinajstić information content (AvgIpc) is 2.60. The highest BCUT2D eigenvalue weighted by Gasteiger charge is 2.28. The fraction of sp³-hybridized carbons (Fsp3) is 0.579. The van der Waals surface area contributed by atoms with Gasteiger partial charge in [0.1, 0.15) is 5.82 Å². The lowest BCUT2D eigenvalue weighted by molar-refractivity contribution is -0.135. The minimum Gasteiger partial charge on any atom is -0.354 e. The van der Waals surface area contributed by atoms with Crippen LogP contribution in [0.1, 0.15) is 50.5 Å². The molecule has 2 unspecified atom stereocenters. The van der Waals surface area contributed by atoms with Gasteiger partial charge in [0.2, 0.25) is 11.8 Å². The van der Waals surface area contributed by atoms with Crippen LogP contribution in [-0.2, 0) is 9.59 Å². The molecule has 2 rings (SSSR count). The molecule has 25 heavy (non-hydrogen) atoms. The monoisotopic (exact) mass is 349 g/mol. The van der Waals surface area contributed by atoms with Crippen molar-refractivity contribution in [2.75, 3.05) is 19.6 Å². The summed E-state index contributed by atoms with van der Waals surface area (Å²) in [5.41, 5.74) is 6.21. The van der Waals surface area contributed by atoms with Crippen LogP contribution in [0.3, 0.4) is 0 Å². The number of halogens is 1. The van der Waals surface area contributed by atoms with Crippen molar-refractivity contribution >= 4 is 11.8 Å². The standard InChI is InChI=1S/C19H28FN3O2/c1-14(15-5-4-6-16(20)12-15)11-19(25)23-10-3-2-7-17(23)13-22-18(24)8-9-21/h4-6,12,14,17H,2-3,7-11,13,21H2,1H3,(H,22,24). The summed E-state index contributed by atoms with van der Waals surface area (Å²) < 4.78 is 13.4. The molecule has 0 bridgehead atoms. The molecule has 2 atom stereocenters. The Hall–Kier alpha value is -1.95. The van der Waals surface area contributed by atoms with E-state index in [1.54, 1.807) is 6.07 Å². The third kappa shape index (κ3) is 5.81. The highest BCUT2D eigenvalue weighted by atomic mass is 19.1. The predicted molar refractivity (Wildman–Crippen MR) is 95.5 cm³/mol. The average molecular weight is 349 g/mol. The molecule has 1 aliphatic rings. The van der Waals surface area contributed by atoms with Crippen LogP contribution < -0.4 is 11.1 Å². The molecule has 2 amide bonds. The van der Waals surface area contributed by atoms with Crippen LogP contribution in [0.25, 0.3) is 0 Å². The Kier molecular flexibility index (Phi) is 7.37. The maximum Gasteiger partial charge on any atom is 0.223 e. The van der Waals surface area contributed by atoms with Crippen molar-refractivity contribution in [2.45, 2.75) is 51.0 Å². The van der Waals surface area contributed by atoms with Crippen LogP contribution in [0.4, 0.5) is 4.39 Å². The van der Waals surface area contributed by atoms with Gasteiger partial charge in [0.05, 0.1) is 0 Å². The second kappa shape index (κ2) is 9.51. The number of hydrogen-bond acceptors (Lipinski definition) is 3. The molecule has 0 spiro atoms. The molecule has 138 valence electrons. The zero-order valence-corrected chi connectivity index (χ0v) is 14.8. The quantitative estimate of drug-likeness (QED) is 0.792. The van der Waals surface area contributed by atoms with E-state index in [1.165, 1.54) is 12.1 Å². The Morgan fingerprint density at radius 1 is 1.40 bits per heavy atom. The van der Waals surface area contributed by atoms with Crippen LogP contribution in [-0.4, -0.2) is 42.4 Å². The minimum atomic E-state index is -0.282. The fourth-order valence-electron chi connectivity index (χ4n) is 3.30. The van der Waals surface area contributed by atoms with Gasteiger partial charge in [-0.15, -0.1) is 0 Å². The summed E-state index contributed by atoms with van der Waals surface area (Å²) in [4.78, 5) is 26.3. The van der Waals surface area contributed by atoms with Gasteiger partial charge in [0, 0.05) is 38.5 Å². The van der Waals surface area contributed by atoms with Crippen LogP contribution in [0.2, 0.25) is 0 Å². The van der Waals surface area contributed by atoms with Crippen molar-refractivity contribution in [1.82, 2.24) is 10.2 Å². The second-order valence-electron chi connectivity index (χ2n) is 6.74. The predicted octanol–water partition coefficient (Wildman–Crippen LogP) is 2.17. The van der Waals surface area contributed by atoms with E-state index in [9.17, 15) is 14.0 Å². The van der Waals surface area contributed by atoms with Gasteiger partial charge < -0.3 is 16.0 Å². The molecule has 1 heterocycles. The molecule has 1 aromatic carbocycles. The number of nitrogens with zero attached hydrogens (tertiary/aromatic N) is 1. The first-order chi connectivity index (χ1) is 12.0. The molecule has 5 nitrogen and oxygen atoms in total. The number of nitrogens with two attached hydrogens (primary N) is 1. The van der Waals surface area contributed by atoms with Crippen molar-refractivity contribution in [2.24, 2.45) is 5.73 Å². The number of carbonyl (C=O) groups excluding carboxylic acids is 2. The summed E-state index contributed by atoms with van der Waals surface area (Å²) in [6.07, 6.45) is 3.57. The number of benzene rings is 1. The number of rotatable bonds is 7. The first-order valence-corrected chi connectivity index (χ1v) is 9.03.